The van der Waals surface area contributed by atoms with Crippen LogP contribution in [0.2, 0.25) is 0 Å². The molecule has 0 saturated carbocycles. The molecule has 5 heteroatoms. The summed E-state index contributed by atoms with van der Waals surface area (Å²) in [7, 11) is 0. The summed E-state index contributed by atoms with van der Waals surface area (Å²) in [5.41, 5.74) is 0. The smallest absolute Gasteiger partial charge is 0.212 e. The van der Waals surface area contributed by atoms with E-state index in [1.165, 1.54) is 0 Å². The van der Waals surface area contributed by atoms with Gasteiger partial charge in [0.25, 0.3) is 0 Å². The van der Waals surface area contributed by atoms with Crippen LogP contribution in [0, 0.1) is 11.3 Å². The van der Waals surface area contributed by atoms with Gasteiger partial charge in [0.1, 0.15) is 12.7 Å². The fourth-order valence-corrected chi connectivity index (χ4v) is 1.70. The van der Waals surface area contributed by atoms with E-state index >= 15 is 0 Å². The zero-order valence-electron chi connectivity index (χ0n) is 10.7. The molecular formula is C14H15N3O2. The molecule has 0 unspecified atom stereocenters. The topological polar surface area (TPSA) is 60.1 Å². The van der Waals surface area contributed by atoms with E-state index in [4.69, 9.17) is 14.7 Å². The van der Waals surface area contributed by atoms with Crippen LogP contribution in [0.5, 0.6) is 11.5 Å². The van der Waals surface area contributed by atoms with E-state index < -0.39 is 0 Å². The molecule has 0 aliphatic heterocycles. The Labute approximate surface area is 112 Å². The Bertz CT molecular complexity index is 572. The molecule has 2 aromatic rings. The van der Waals surface area contributed by atoms with Crippen LogP contribution in [0.4, 0.5) is 0 Å². The summed E-state index contributed by atoms with van der Waals surface area (Å²) >= 11 is 0. The predicted molar refractivity (Wildman–Crippen MR) is 70.0 cm³/mol. The van der Waals surface area contributed by atoms with Crippen molar-refractivity contribution < 1.29 is 9.47 Å². The monoisotopic (exact) mass is 257 g/mol. The van der Waals surface area contributed by atoms with Gasteiger partial charge < -0.3 is 14.0 Å². The minimum Gasteiger partial charge on any atom is -0.490 e. The van der Waals surface area contributed by atoms with Gasteiger partial charge in [-0.1, -0.05) is 12.1 Å². The first-order valence-corrected chi connectivity index (χ1v) is 6.11. The van der Waals surface area contributed by atoms with E-state index in [9.17, 15) is 0 Å². The second-order valence-corrected chi connectivity index (χ2v) is 3.78. The third-order valence-electron chi connectivity index (χ3n) is 2.55. The average Bonchev–Trinajstić information content (AvgIpc) is 2.88. The van der Waals surface area contributed by atoms with Gasteiger partial charge in [-0.05, 0) is 19.1 Å². The number of nitriles is 1. The summed E-state index contributed by atoms with van der Waals surface area (Å²) in [5.74, 6) is 1.83. The first-order chi connectivity index (χ1) is 9.35. The van der Waals surface area contributed by atoms with E-state index in [2.05, 4.69) is 4.98 Å². The lowest BCUT2D eigenvalue weighted by Gasteiger charge is -2.11. The minimum atomic E-state index is 0.390. The second-order valence-electron chi connectivity index (χ2n) is 3.78. The third kappa shape index (κ3) is 3.26. The van der Waals surface area contributed by atoms with Crippen LogP contribution < -0.4 is 9.47 Å². The third-order valence-corrected chi connectivity index (χ3v) is 2.55. The van der Waals surface area contributed by atoms with Gasteiger partial charge in [0, 0.05) is 12.4 Å². The molecule has 1 aromatic heterocycles. The Morgan fingerprint density at radius 1 is 1.26 bits per heavy atom. The van der Waals surface area contributed by atoms with Crippen molar-refractivity contribution in [2.45, 2.75) is 13.5 Å². The highest BCUT2D eigenvalue weighted by molar-refractivity contribution is 5.39. The molecule has 2 rings (SSSR count). The second kappa shape index (κ2) is 6.45. The lowest BCUT2D eigenvalue weighted by atomic mass is 10.3. The lowest BCUT2D eigenvalue weighted by molar-refractivity contribution is 0.266. The van der Waals surface area contributed by atoms with Crippen molar-refractivity contribution in [3.8, 4) is 17.6 Å². The SMILES string of the molecule is CCOc1ccccc1OCCn1ccnc1C#N. The quantitative estimate of drug-likeness (QED) is 0.796. The van der Waals surface area contributed by atoms with Crippen molar-refractivity contribution in [1.29, 1.82) is 5.26 Å². The Morgan fingerprint density at radius 2 is 2.00 bits per heavy atom. The first-order valence-electron chi connectivity index (χ1n) is 6.11. The molecule has 1 heterocycles. The van der Waals surface area contributed by atoms with E-state index in [1.807, 2.05) is 37.3 Å². The number of aromatic nitrogens is 2. The zero-order valence-corrected chi connectivity index (χ0v) is 10.7. The van der Waals surface area contributed by atoms with Crippen LogP contribution in [0.25, 0.3) is 0 Å². The summed E-state index contributed by atoms with van der Waals surface area (Å²) in [6, 6.07) is 9.57. The van der Waals surface area contributed by atoms with Crippen LogP contribution in [0.15, 0.2) is 36.7 Å². The molecule has 5 nitrogen and oxygen atoms in total. The zero-order chi connectivity index (χ0) is 13.5. The number of imidazole rings is 1. The standard InChI is InChI=1S/C14H15N3O2/c1-2-18-12-5-3-4-6-13(12)19-10-9-17-8-7-16-14(17)11-15/h3-8H,2,9-10H2,1H3. The highest BCUT2D eigenvalue weighted by Crippen LogP contribution is 2.26. The van der Waals surface area contributed by atoms with Gasteiger partial charge in [-0.3, -0.25) is 0 Å². The Balaban J connectivity index is 1.94. The number of benzene rings is 1. The number of hydrogen-bond acceptors (Lipinski definition) is 4. The lowest BCUT2D eigenvalue weighted by Crippen LogP contribution is -2.09. The average molecular weight is 257 g/mol. The van der Waals surface area contributed by atoms with E-state index in [0.717, 1.165) is 5.75 Å². The maximum Gasteiger partial charge on any atom is 0.212 e. The predicted octanol–water partition coefficient (Wildman–Crippen LogP) is 2.23. The molecule has 0 bridgehead atoms. The highest BCUT2D eigenvalue weighted by Gasteiger charge is 2.04. The normalized spacial score (nSPS) is 9.89. The summed E-state index contributed by atoms with van der Waals surface area (Å²) in [6.45, 7) is 3.56. The number of rotatable bonds is 6. The van der Waals surface area contributed by atoms with Crippen molar-refractivity contribution in [3.63, 3.8) is 0 Å². The first kappa shape index (κ1) is 13.0. The number of hydrogen-bond donors (Lipinski definition) is 0. The van der Waals surface area contributed by atoms with Gasteiger partial charge in [-0.15, -0.1) is 0 Å². The van der Waals surface area contributed by atoms with Crippen molar-refractivity contribution in [2.24, 2.45) is 0 Å². The van der Waals surface area contributed by atoms with Gasteiger partial charge in [0.05, 0.1) is 13.2 Å². The van der Waals surface area contributed by atoms with Gasteiger partial charge >= 0.3 is 0 Å². The molecule has 0 radical (unpaired) electrons. The summed E-state index contributed by atoms with van der Waals surface area (Å²) < 4.78 is 12.9. The number of nitrogens with zero attached hydrogens (tertiary/aromatic N) is 3. The molecule has 0 atom stereocenters. The maximum atomic E-state index is 8.84. The molecule has 0 spiro atoms. The molecule has 1 aromatic carbocycles. The van der Waals surface area contributed by atoms with E-state index in [0.29, 0.717) is 31.3 Å². The highest BCUT2D eigenvalue weighted by atomic mass is 16.5. The van der Waals surface area contributed by atoms with Crippen LogP contribution in [0.3, 0.4) is 0 Å². The van der Waals surface area contributed by atoms with E-state index in [1.54, 1.807) is 17.0 Å². The van der Waals surface area contributed by atoms with Crippen LogP contribution in [-0.4, -0.2) is 22.8 Å². The molecule has 0 amide bonds. The van der Waals surface area contributed by atoms with E-state index in [-0.39, 0.29) is 0 Å². The van der Waals surface area contributed by atoms with Crippen molar-refractivity contribution >= 4 is 0 Å². The van der Waals surface area contributed by atoms with Crippen LogP contribution in [-0.2, 0) is 6.54 Å². The number of para-hydroxylation sites is 2. The van der Waals surface area contributed by atoms with Gasteiger partial charge in [-0.25, -0.2) is 4.98 Å². The van der Waals surface area contributed by atoms with Gasteiger partial charge in [0.2, 0.25) is 5.82 Å². The molecular weight excluding hydrogens is 242 g/mol. The van der Waals surface area contributed by atoms with Crippen molar-refractivity contribution in [1.82, 2.24) is 9.55 Å². The van der Waals surface area contributed by atoms with Crippen LogP contribution >= 0.6 is 0 Å². The summed E-state index contributed by atoms with van der Waals surface area (Å²) in [4.78, 5) is 3.93. The Kier molecular flexibility index (Phi) is 4.40. The Hall–Kier alpha value is -2.48. The molecule has 0 fully saturated rings. The maximum absolute atomic E-state index is 8.84. The van der Waals surface area contributed by atoms with Crippen molar-refractivity contribution in [3.05, 3.63) is 42.5 Å². The molecule has 0 saturated heterocycles. The van der Waals surface area contributed by atoms with Crippen molar-refractivity contribution in [2.75, 3.05) is 13.2 Å². The Morgan fingerprint density at radius 3 is 2.68 bits per heavy atom. The van der Waals surface area contributed by atoms with Crippen LogP contribution in [0.1, 0.15) is 12.7 Å². The molecule has 0 aliphatic rings. The number of ether oxygens (including phenoxy) is 2. The summed E-state index contributed by atoms with van der Waals surface area (Å²) in [5, 5.41) is 8.84. The fourth-order valence-electron chi connectivity index (χ4n) is 1.70. The molecule has 98 valence electrons. The minimum absolute atomic E-state index is 0.390. The largest absolute Gasteiger partial charge is 0.490 e. The van der Waals surface area contributed by atoms with Gasteiger partial charge in [-0.2, -0.15) is 5.26 Å². The molecule has 0 aliphatic carbocycles. The van der Waals surface area contributed by atoms with Gasteiger partial charge in [0.15, 0.2) is 11.5 Å². The molecule has 0 N–H and O–H groups in total. The fraction of sp³-hybridized carbons (Fsp3) is 0.286. The molecule has 19 heavy (non-hydrogen) atoms. The summed E-state index contributed by atoms with van der Waals surface area (Å²) in [6.07, 6.45) is 3.36.